The van der Waals surface area contributed by atoms with Crippen molar-refractivity contribution < 1.29 is 18.0 Å². The van der Waals surface area contributed by atoms with Gasteiger partial charge >= 0.3 is 0 Å². The van der Waals surface area contributed by atoms with E-state index in [0.717, 1.165) is 37.3 Å². The molecule has 1 saturated heterocycles. The molecule has 1 fully saturated rings. The van der Waals surface area contributed by atoms with E-state index in [0.29, 0.717) is 10.9 Å². The summed E-state index contributed by atoms with van der Waals surface area (Å²) in [6.45, 7) is 1.63. The van der Waals surface area contributed by atoms with Crippen LogP contribution in [-0.4, -0.2) is 62.7 Å². The lowest BCUT2D eigenvalue weighted by molar-refractivity contribution is 0.100. The lowest BCUT2D eigenvalue weighted by Crippen LogP contribution is -2.44. The van der Waals surface area contributed by atoms with Crippen molar-refractivity contribution in [1.29, 1.82) is 0 Å². The standard InChI is InChI=1S/C19H25N4O4PS2/c1-22-9-7-12(8-10-22)23(2)30(26,27)16-11-14(17(20)24)19(29-16)21-18(25)13-5-3-4-6-15(13)28/h3-6,11-12H,7-10,28H2,1-2H3,(H2,20,24)(H,21,25). The average molecular weight is 469 g/mol. The Bertz CT molecular complexity index is 1060. The minimum atomic E-state index is -3.83. The van der Waals surface area contributed by atoms with Gasteiger partial charge in [-0.2, -0.15) is 4.31 Å². The first-order valence-corrected chi connectivity index (χ1v) is 12.2. The van der Waals surface area contributed by atoms with Crippen molar-refractivity contribution in [3.63, 3.8) is 0 Å². The van der Waals surface area contributed by atoms with Crippen LogP contribution in [0.2, 0.25) is 0 Å². The van der Waals surface area contributed by atoms with Crippen LogP contribution in [0.5, 0.6) is 0 Å². The number of piperidine rings is 1. The number of primary amides is 1. The van der Waals surface area contributed by atoms with Crippen LogP contribution < -0.4 is 16.4 Å². The molecule has 0 spiro atoms. The molecule has 2 amide bonds. The number of anilines is 1. The zero-order valence-electron chi connectivity index (χ0n) is 16.8. The molecule has 3 rings (SSSR count). The second-order valence-corrected chi connectivity index (χ2v) is 11.2. The monoisotopic (exact) mass is 468 g/mol. The Hall–Kier alpha value is -1.84. The van der Waals surface area contributed by atoms with Crippen molar-refractivity contribution in [3.05, 3.63) is 41.5 Å². The highest BCUT2D eigenvalue weighted by Crippen LogP contribution is 2.34. The first kappa shape index (κ1) is 22.8. The molecule has 162 valence electrons. The maximum Gasteiger partial charge on any atom is 0.256 e. The molecule has 1 aromatic heterocycles. The van der Waals surface area contributed by atoms with Gasteiger partial charge in [-0.05, 0) is 50.4 Å². The number of likely N-dealkylation sites (tertiary alicyclic amines) is 1. The molecular weight excluding hydrogens is 443 g/mol. The number of nitrogens with one attached hydrogen (secondary N) is 1. The molecule has 1 aliphatic heterocycles. The second kappa shape index (κ2) is 9.11. The van der Waals surface area contributed by atoms with Gasteiger partial charge < -0.3 is 16.0 Å². The van der Waals surface area contributed by atoms with E-state index in [2.05, 4.69) is 19.5 Å². The van der Waals surface area contributed by atoms with E-state index in [1.165, 1.54) is 10.4 Å². The Balaban J connectivity index is 1.89. The molecule has 0 aliphatic carbocycles. The summed E-state index contributed by atoms with van der Waals surface area (Å²) in [5.41, 5.74) is 5.83. The van der Waals surface area contributed by atoms with Crippen LogP contribution >= 0.6 is 20.6 Å². The molecular formula is C19H25N4O4PS2. The highest BCUT2D eigenvalue weighted by Gasteiger charge is 2.33. The minimum absolute atomic E-state index is 0.0211. The van der Waals surface area contributed by atoms with Crippen molar-refractivity contribution in [2.24, 2.45) is 5.73 Å². The maximum absolute atomic E-state index is 13.2. The summed E-state index contributed by atoms with van der Waals surface area (Å²) in [5.74, 6) is -1.25. The Labute approximate surface area is 182 Å². The summed E-state index contributed by atoms with van der Waals surface area (Å²) < 4.78 is 27.7. The van der Waals surface area contributed by atoms with Crippen molar-refractivity contribution in [3.8, 4) is 0 Å². The molecule has 8 nitrogen and oxygen atoms in total. The number of benzene rings is 1. The van der Waals surface area contributed by atoms with Crippen molar-refractivity contribution in [2.45, 2.75) is 23.1 Å². The van der Waals surface area contributed by atoms with Crippen LogP contribution in [0.3, 0.4) is 0 Å². The number of sulfonamides is 1. The van der Waals surface area contributed by atoms with Gasteiger partial charge in [0.05, 0.1) is 5.56 Å². The maximum atomic E-state index is 13.2. The Morgan fingerprint density at radius 1 is 1.23 bits per heavy atom. The van der Waals surface area contributed by atoms with Crippen molar-refractivity contribution in [1.82, 2.24) is 9.21 Å². The molecule has 0 radical (unpaired) electrons. The van der Waals surface area contributed by atoms with Gasteiger partial charge in [-0.25, -0.2) is 8.42 Å². The zero-order chi connectivity index (χ0) is 22.1. The van der Waals surface area contributed by atoms with Gasteiger partial charge in [-0.3, -0.25) is 9.59 Å². The van der Waals surface area contributed by atoms with Gasteiger partial charge in [0.2, 0.25) is 0 Å². The summed E-state index contributed by atoms with van der Waals surface area (Å²) in [6.07, 6.45) is 1.46. The van der Waals surface area contributed by atoms with Gasteiger partial charge in [-0.1, -0.05) is 18.2 Å². The number of nitrogens with two attached hydrogens (primary N) is 1. The Kier molecular flexibility index (Phi) is 6.94. The third kappa shape index (κ3) is 4.73. The fourth-order valence-electron chi connectivity index (χ4n) is 3.34. The number of carbonyl (C=O) groups is 2. The summed E-state index contributed by atoms with van der Waals surface area (Å²) in [6, 6.07) is 8.04. The van der Waals surface area contributed by atoms with Crippen molar-refractivity contribution >= 4 is 52.7 Å². The molecule has 1 aliphatic rings. The number of amides is 2. The first-order chi connectivity index (χ1) is 14.1. The summed E-state index contributed by atoms with van der Waals surface area (Å²) >= 11 is 0.837. The number of hydrogen-bond donors (Lipinski definition) is 2. The van der Waals surface area contributed by atoms with E-state index in [1.54, 1.807) is 31.3 Å². The number of nitrogens with zero attached hydrogens (tertiary/aromatic N) is 2. The van der Waals surface area contributed by atoms with E-state index in [4.69, 9.17) is 5.73 Å². The molecule has 2 heterocycles. The van der Waals surface area contributed by atoms with Crippen LogP contribution in [-0.2, 0) is 10.0 Å². The second-order valence-electron chi connectivity index (χ2n) is 7.27. The fourth-order valence-corrected chi connectivity index (χ4v) is 6.65. The predicted octanol–water partition coefficient (Wildman–Crippen LogP) is 1.31. The quantitative estimate of drug-likeness (QED) is 0.621. The molecule has 1 aromatic carbocycles. The topological polar surface area (TPSA) is 113 Å². The van der Waals surface area contributed by atoms with Gasteiger partial charge in [0.1, 0.15) is 9.21 Å². The van der Waals surface area contributed by atoms with Crippen LogP contribution in [0.1, 0.15) is 33.6 Å². The number of rotatable bonds is 6. The van der Waals surface area contributed by atoms with Crippen LogP contribution in [0.25, 0.3) is 0 Å². The molecule has 2 aromatic rings. The molecule has 0 saturated carbocycles. The minimum Gasteiger partial charge on any atom is -0.366 e. The number of thiophene rings is 1. The summed E-state index contributed by atoms with van der Waals surface area (Å²) in [5, 5.41) is 3.45. The van der Waals surface area contributed by atoms with E-state index in [-0.39, 0.29) is 20.8 Å². The highest BCUT2D eigenvalue weighted by atomic mass is 32.2. The zero-order valence-corrected chi connectivity index (χ0v) is 19.6. The smallest absolute Gasteiger partial charge is 0.256 e. The van der Waals surface area contributed by atoms with Crippen LogP contribution in [0.15, 0.2) is 34.5 Å². The Morgan fingerprint density at radius 2 is 1.87 bits per heavy atom. The molecule has 30 heavy (non-hydrogen) atoms. The van der Waals surface area contributed by atoms with Crippen molar-refractivity contribution in [2.75, 3.05) is 32.5 Å². The van der Waals surface area contributed by atoms with Gasteiger partial charge in [-0.15, -0.1) is 20.6 Å². The summed E-state index contributed by atoms with van der Waals surface area (Å²) in [4.78, 5) is 26.7. The van der Waals surface area contributed by atoms with E-state index < -0.39 is 21.8 Å². The normalized spacial score (nSPS) is 16.0. The summed E-state index contributed by atoms with van der Waals surface area (Å²) in [7, 11) is 2.20. The lowest BCUT2D eigenvalue weighted by Gasteiger charge is -2.34. The first-order valence-electron chi connectivity index (χ1n) is 9.37. The van der Waals surface area contributed by atoms with Crippen LogP contribution in [0, 0.1) is 0 Å². The van der Waals surface area contributed by atoms with E-state index in [9.17, 15) is 18.0 Å². The van der Waals surface area contributed by atoms with E-state index >= 15 is 0 Å². The van der Waals surface area contributed by atoms with Gasteiger partial charge in [0, 0.05) is 18.7 Å². The average Bonchev–Trinajstić information content (AvgIpc) is 3.13. The third-order valence-corrected chi connectivity index (χ3v) is 9.16. The van der Waals surface area contributed by atoms with Gasteiger partial charge in [0.15, 0.2) is 0 Å². The lowest BCUT2D eigenvalue weighted by atomic mass is 10.1. The largest absolute Gasteiger partial charge is 0.366 e. The molecule has 3 N–H and O–H groups in total. The predicted molar refractivity (Wildman–Crippen MR) is 122 cm³/mol. The highest BCUT2D eigenvalue weighted by molar-refractivity contribution is 7.91. The number of carbonyl (C=O) groups excluding carboxylic acids is 2. The van der Waals surface area contributed by atoms with E-state index in [1.807, 2.05) is 7.05 Å². The fraction of sp³-hybridized carbons (Fsp3) is 0.368. The SMILES string of the molecule is CN1CCC(N(C)S(=O)(=O)c2cc(C(N)=O)c(NC(=O)c3ccccc3P)s2)CC1. The third-order valence-electron chi connectivity index (χ3n) is 5.24. The molecule has 0 bridgehead atoms. The molecule has 1 unspecified atom stereocenters. The number of hydrogen-bond acceptors (Lipinski definition) is 6. The van der Waals surface area contributed by atoms with Crippen LogP contribution in [0.4, 0.5) is 5.00 Å². The molecule has 1 atom stereocenters. The molecule has 11 heteroatoms. The van der Waals surface area contributed by atoms with Gasteiger partial charge in [0.25, 0.3) is 21.8 Å². The Morgan fingerprint density at radius 3 is 2.47 bits per heavy atom.